The van der Waals surface area contributed by atoms with Gasteiger partial charge < -0.3 is 15.0 Å². The lowest BCUT2D eigenvalue weighted by Crippen LogP contribution is -2.40. The molecule has 1 aromatic carbocycles. The van der Waals surface area contributed by atoms with Crippen molar-refractivity contribution in [2.24, 2.45) is 0 Å². The van der Waals surface area contributed by atoms with Crippen molar-refractivity contribution in [1.82, 2.24) is 14.5 Å². The highest BCUT2D eigenvalue weighted by Gasteiger charge is 2.26. The molecule has 0 aliphatic carbocycles. The number of fused-ring (bicyclic) bond motifs is 1. The minimum atomic E-state index is -0.970. The van der Waals surface area contributed by atoms with E-state index in [1.54, 1.807) is 21.6 Å². The maximum absolute atomic E-state index is 12.3. The lowest BCUT2D eigenvalue weighted by atomic mass is 10.0. The number of carbonyl (C=O) groups excluding carboxylic acids is 1. The number of hydrogen-bond acceptors (Lipinski definition) is 3. The molecule has 1 aliphatic rings. The van der Waals surface area contributed by atoms with Crippen molar-refractivity contribution in [2.45, 2.75) is 31.7 Å². The third kappa shape index (κ3) is 3.31. The first-order valence-corrected chi connectivity index (χ1v) is 8.23. The third-order valence-corrected chi connectivity index (χ3v) is 4.65. The van der Waals surface area contributed by atoms with E-state index in [0.717, 1.165) is 5.52 Å². The SMILES string of the molecule is O=C(O)CCC(=O)N1CCC(n2c(=O)[nH]c3cc(Cl)ccc32)CC1. The van der Waals surface area contributed by atoms with Crippen LogP contribution in [0.15, 0.2) is 23.0 Å². The number of H-pyrrole nitrogens is 1. The minimum absolute atomic E-state index is 0.0101. The van der Waals surface area contributed by atoms with Crippen molar-refractivity contribution in [3.05, 3.63) is 33.7 Å². The zero-order chi connectivity index (χ0) is 17.3. The zero-order valence-electron chi connectivity index (χ0n) is 13.0. The summed E-state index contributed by atoms with van der Waals surface area (Å²) in [5.74, 6) is -1.11. The lowest BCUT2D eigenvalue weighted by Gasteiger charge is -2.32. The molecule has 128 valence electrons. The first kappa shape index (κ1) is 16.6. The Hall–Kier alpha value is -2.28. The van der Waals surface area contributed by atoms with Crippen LogP contribution in [0.2, 0.25) is 5.02 Å². The van der Waals surface area contributed by atoms with Crippen molar-refractivity contribution in [3.8, 4) is 0 Å². The van der Waals surface area contributed by atoms with Gasteiger partial charge in [0, 0.05) is 30.6 Å². The van der Waals surface area contributed by atoms with Crippen LogP contribution in [0.1, 0.15) is 31.7 Å². The third-order valence-electron chi connectivity index (χ3n) is 4.41. The number of carboxylic acids is 1. The van der Waals surface area contributed by atoms with Gasteiger partial charge in [-0.1, -0.05) is 11.6 Å². The molecule has 0 radical (unpaired) electrons. The largest absolute Gasteiger partial charge is 0.481 e. The summed E-state index contributed by atoms with van der Waals surface area (Å²) < 4.78 is 1.73. The van der Waals surface area contributed by atoms with Crippen molar-refractivity contribution in [1.29, 1.82) is 0 Å². The molecule has 0 bridgehead atoms. The number of benzene rings is 1. The summed E-state index contributed by atoms with van der Waals surface area (Å²) in [6.45, 7) is 1.05. The predicted octanol–water partition coefficient (Wildman–Crippen LogP) is 2.01. The van der Waals surface area contributed by atoms with E-state index in [9.17, 15) is 14.4 Å². The van der Waals surface area contributed by atoms with Gasteiger partial charge >= 0.3 is 11.7 Å². The van der Waals surface area contributed by atoms with E-state index >= 15 is 0 Å². The Morgan fingerprint density at radius 3 is 2.62 bits per heavy atom. The van der Waals surface area contributed by atoms with E-state index < -0.39 is 5.97 Å². The number of hydrogen-bond donors (Lipinski definition) is 2. The van der Waals surface area contributed by atoms with E-state index in [2.05, 4.69) is 4.98 Å². The number of carboxylic acid groups (broad SMARTS) is 1. The van der Waals surface area contributed by atoms with Gasteiger partial charge in [0.05, 0.1) is 17.5 Å². The molecule has 0 spiro atoms. The summed E-state index contributed by atoms with van der Waals surface area (Å²) in [5, 5.41) is 9.22. The highest BCUT2D eigenvalue weighted by molar-refractivity contribution is 6.31. The molecule has 7 nitrogen and oxygen atoms in total. The van der Waals surface area contributed by atoms with Crippen LogP contribution in [0.3, 0.4) is 0 Å². The summed E-state index contributed by atoms with van der Waals surface area (Å²) in [6.07, 6.45) is 1.19. The summed E-state index contributed by atoms with van der Waals surface area (Å²) in [7, 11) is 0. The van der Waals surface area contributed by atoms with Gasteiger partial charge in [-0.05, 0) is 31.0 Å². The maximum Gasteiger partial charge on any atom is 0.326 e. The second-order valence-electron chi connectivity index (χ2n) is 5.97. The first-order chi connectivity index (χ1) is 11.5. The molecule has 8 heteroatoms. The molecule has 1 aliphatic heterocycles. The Morgan fingerprint density at radius 2 is 1.96 bits per heavy atom. The molecule has 3 rings (SSSR count). The molecule has 1 aromatic heterocycles. The van der Waals surface area contributed by atoms with Crippen molar-refractivity contribution < 1.29 is 14.7 Å². The van der Waals surface area contributed by atoms with Gasteiger partial charge in [-0.3, -0.25) is 14.2 Å². The Morgan fingerprint density at radius 1 is 1.25 bits per heavy atom. The zero-order valence-corrected chi connectivity index (χ0v) is 13.8. The van der Waals surface area contributed by atoms with Crippen molar-refractivity contribution in [2.75, 3.05) is 13.1 Å². The number of imidazole rings is 1. The van der Waals surface area contributed by atoms with Gasteiger partial charge in [0.1, 0.15) is 0 Å². The second kappa shape index (κ2) is 6.68. The first-order valence-electron chi connectivity index (χ1n) is 7.85. The van der Waals surface area contributed by atoms with Gasteiger partial charge in [-0.2, -0.15) is 0 Å². The maximum atomic E-state index is 12.3. The standard InChI is InChI=1S/C16H18ClN3O4/c17-10-1-2-13-12(9-10)18-16(24)20(13)11-5-7-19(8-6-11)14(21)3-4-15(22)23/h1-2,9,11H,3-8H2,(H,18,24)(H,22,23). The highest BCUT2D eigenvalue weighted by Crippen LogP contribution is 2.26. The number of amides is 1. The van der Waals surface area contributed by atoms with Gasteiger partial charge in [-0.15, -0.1) is 0 Å². The van der Waals surface area contributed by atoms with E-state index in [1.165, 1.54) is 0 Å². The molecule has 2 N–H and O–H groups in total. The minimum Gasteiger partial charge on any atom is -0.481 e. The van der Waals surface area contributed by atoms with Crippen LogP contribution in [0, 0.1) is 0 Å². The van der Waals surface area contributed by atoms with Crippen molar-refractivity contribution >= 4 is 34.5 Å². The van der Waals surface area contributed by atoms with Crippen LogP contribution in [-0.4, -0.2) is 44.5 Å². The van der Waals surface area contributed by atoms with Gasteiger partial charge in [0.25, 0.3) is 0 Å². The number of nitrogens with zero attached hydrogens (tertiary/aromatic N) is 2. The van der Waals surface area contributed by atoms with Crippen LogP contribution in [0.4, 0.5) is 0 Å². The predicted molar refractivity (Wildman–Crippen MR) is 89.3 cm³/mol. The number of piperidine rings is 1. The number of halogens is 1. The number of aromatic nitrogens is 2. The molecule has 24 heavy (non-hydrogen) atoms. The molecule has 0 saturated carbocycles. The second-order valence-corrected chi connectivity index (χ2v) is 6.40. The van der Waals surface area contributed by atoms with Gasteiger partial charge in [-0.25, -0.2) is 4.79 Å². The molecule has 2 heterocycles. The smallest absolute Gasteiger partial charge is 0.326 e. The van der Waals surface area contributed by atoms with Crippen LogP contribution in [-0.2, 0) is 9.59 Å². The van der Waals surface area contributed by atoms with E-state index in [4.69, 9.17) is 16.7 Å². The average molecular weight is 352 g/mol. The molecule has 0 unspecified atom stereocenters. The molecule has 1 fully saturated rings. The Bertz CT molecular complexity index is 833. The normalized spacial score (nSPS) is 15.8. The molecule has 2 aromatic rings. The van der Waals surface area contributed by atoms with Crippen LogP contribution < -0.4 is 5.69 Å². The number of aromatic amines is 1. The average Bonchev–Trinajstić information content (AvgIpc) is 2.87. The summed E-state index contributed by atoms with van der Waals surface area (Å²) in [4.78, 5) is 39.3. The van der Waals surface area contributed by atoms with Crippen LogP contribution in [0.5, 0.6) is 0 Å². The summed E-state index contributed by atoms with van der Waals surface area (Å²) in [6, 6.07) is 5.30. The van der Waals surface area contributed by atoms with E-state index in [-0.39, 0.29) is 30.5 Å². The van der Waals surface area contributed by atoms with Crippen LogP contribution in [0.25, 0.3) is 11.0 Å². The summed E-state index contributed by atoms with van der Waals surface area (Å²) >= 11 is 5.95. The Kier molecular flexibility index (Phi) is 4.62. The fourth-order valence-corrected chi connectivity index (χ4v) is 3.38. The highest BCUT2D eigenvalue weighted by atomic mass is 35.5. The summed E-state index contributed by atoms with van der Waals surface area (Å²) in [5.41, 5.74) is 1.33. The Labute approximate surface area is 142 Å². The van der Waals surface area contributed by atoms with Gasteiger partial charge in [0.2, 0.25) is 5.91 Å². The number of rotatable bonds is 4. The monoisotopic (exact) mass is 351 g/mol. The number of nitrogens with one attached hydrogen (secondary N) is 1. The Balaban J connectivity index is 1.71. The number of carbonyl (C=O) groups is 2. The van der Waals surface area contributed by atoms with E-state index in [1.807, 2.05) is 6.07 Å². The van der Waals surface area contributed by atoms with Crippen molar-refractivity contribution in [3.63, 3.8) is 0 Å². The molecular formula is C16H18ClN3O4. The number of likely N-dealkylation sites (tertiary alicyclic amines) is 1. The van der Waals surface area contributed by atoms with Crippen LogP contribution >= 0.6 is 11.6 Å². The lowest BCUT2D eigenvalue weighted by molar-refractivity contribution is -0.141. The quantitative estimate of drug-likeness (QED) is 0.880. The fourth-order valence-electron chi connectivity index (χ4n) is 3.21. The topological polar surface area (TPSA) is 95.4 Å². The van der Waals surface area contributed by atoms with E-state index in [0.29, 0.717) is 36.5 Å². The van der Waals surface area contributed by atoms with Gasteiger partial charge in [0.15, 0.2) is 0 Å². The molecule has 1 saturated heterocycles. The fraction of sp³-hybridized carbons (Fsp3) is 0.438. The molecular weight excluding hydrogens is 334 g/mol. The molecule has 0 atom stereocenters. The number of aliphatic carboxylic acids is 1. The molecule has 1 amide bonds.